The van der Waals surface area contributed by atoms with Gasteiger partial charge in [0, 0.05) is 35.8 Å². The molecule has 0 saturated carbocycles. The van der Waals surface area contributed by atoms with E-state index in [0.29, 0.717) is 5.57 Å². The number of rotatable bonds is 0. The van der Waals surface area contributed by atoms with Gasteiger partial charge in [-0.25, -0.2) is 0 Å². The quantitative estimate of drug-likeness (QED) is 0.167. The molecule has 0 spiro atoms. The van der Waals surface area contributed by atoms with E-state index >= 15 is 0 Å². The molecule has 3 aliphatic rings. The molecule has 0 radical (unpaired) electrons. The van der Waals surface area contributed by atoms with Crippen molar-refractivity contribution in [3.63, 3.8) is 0 Å². The summed E-state index contributed by atoms with van der Waals surface area (Å²) in [7, 11) is 0. The number of hydrogen-bond donors (Lipinski definition) is 6. The van der Waals surface area contributed by atoms with Gasteiger partial charge >= 0.3 is 0 Å². The second-order valence-electron chi connectivity index (χ2n) is 12.9. The summed E-state index contributed by atoms with van der Waals surface area (Å²) in [5, 5.41) is 56.2. The number of phenolic OH excluding ortho intramolecular Hbond substituents is 1. The lowest BCUT2D eigenvalue weighted by atomic mass is 9.82. The minimum Gasteiger partial charge on any atom is -0.507 e. The number of nitrogens with one attached hydrogen (secondary N) is 1. The Bertz CT molecular complexity index is 1770. The number of ketones is 4. The first-order valence-electron chi connectivity index (χ1n) is 16.3. The van der Waals surface area contributed by atoms with E-state index in [1.165, 1.54) is 44.2 Å². The number of benzene rings is 1. The van der Waals surface area contributed by atoms with Crippen LogP contribution in [-0.4, -0.2) is 72.9 Å². The van der Waals surface area contributed by atoms with Crippen LogP contribution in [0.25, 0.3) is 5.76 Å². The number of carbonyl (C=O) groups is 5. The molecule has 11 heteroatoms. The molecular weight excluding hydrogens is 642 g/mol. The number of phenols is 1. The lowest BCUT2D eigenvalue weighted by Crippen LogP contribution is -2.35. The first-order valence-corrected chi connectivity index (χ1v) is 16.3. The minimum absolute atomic E-state index is 0.0421. The van der Waals surface area contributed by atoms with Crippen molar-refractivity contribution in [1.82, 2.24) is 5.32 Å². The Hall–Kier alpha value is -4.97. The molecule has 0 aromatic heterocycles. The van der Waals surface area contributed by atoms with Gasteiger partial charge in [0.2, 0.25) is 11.7 Å². The second kappa shape index (κ2) is 17.1. The molecule has 2 aliphatic heterocycles. The Balaban J connectivity index is 2.07. The molecule has 50 heavy (non-hydrogen) atoms. The van der Waals surface area contributed by atoms with E-state index in [-0.39, 0.29) is 35.3 Å². The Kier molecular flexibility index (Phi) is 13.5. The third-order valence-electron chi connectivity index (χ3n) is 8.81. The fourth-order valence-corrected chi connectivity index (χ4v) is 5.53. The number of aromatic hydroxyl groups is 1. The zero-order chi connectivity index (χ0) is 37.4. The van der Waals surface area contributed by atoms with E-state index in [9.17, 15) is 49.5 Å². The van der Waals surface area contributed by atoms with Crippen LogP contribution in [0.4, 0.5) is 0 Å². The molecule has 0 fully saturated rings. The maximum absolute atomic E-state index is 13.7. The average Bonchev–Trinajstić information content (AvgIpc) is 3.07. The first kappa shape index (κ1) is 39.5. The number of hydrogen-bond acceptors (Lipinski definition) is 10. The number of aliphatic hydroxyl groups is 4. The fourth-order valence-electron chi connectivity index (χ4n) is 5.53. The number of carbonyl (C=O) groups excluding carboxylic acids is 5. The van der Waals surface area contributed by atoms with Crippen LogP contribution < -0.4 is 5.32 Å². The van der Waals surface area contributed by atoms with Gasteiger partial charge in [0.1, 0.15) is 11.4 Å². The lowest BCUT2D eigenvalue weighted by Gasteiger charge is -2.23. The smallest absolute Gasteiger partial charge is 0.253 e. The SMILES string of the molecule is CC1=C[C@H](C)[C@@H](O)[C@@H](C)/C=C\[C@@H](O)C/C=C(/C)C(=O)C[C@H](O)[C@H](C)\C=C/C=C\C=C/C(=O)NC2=C(O)c3cc(C)c(O)c(c3C(=O)C2=O)C1=O. The van der Waals surface area contributed by atoms with Gasteiger partial charge < -0.3 is 30.8 Å². The van der Waals surface area contributed by atoms with Crippen molar-refractivity contribution in [3.8, 4) is 5.75 Å². The van der Waals surface area contributed by atoms with E-state index < -0.39 is 87.7 Å². The molecule has 1 aliphatic carbocycles. The van der Waals surface area contributed by atoms with E-state index in [1.807, 2.05) is 0 Å². The van der Waals surface area contributed by atoms with Gasteiger partial charge in [-0.05, 0) is 50.0 Å². The van der Waals surface area contributed by atoms with Crippen molar-refractivity contribution in [2.45, 2.75) is 72.7 Å². The maximum Gasteiger partial charge on any atom is 0.253 e. The minimum atomic E-state index is -1.29. The summed E-state index contributed by atoms with van der Waals surface area (Å²) in [6.45, 7) is 9.57. The third kappa shape index (κ3) is 9.38. The maximum atomic E-state index is 13.7. The van der Waals surface area contributed by atoms with Crippen LogP contribution in [0.5, 0.6) is 5.75 Å². The van der Waals surface area contributed by atoms with Gasteiger partial charge in [-0.3, -0.25) is 24.0 Å². The molecule has 1 aromatic carbocycles. The highest BCUT2D eigenvalue weighted by molar-refractivity contribution is 6.53. The highest BCUT2D eigenvalue weighted by Crippen LogP contribution is 2.37. The van der Waals surface area contributed by atoms with Crippen molar-refractivity contribution in [1.29, 1.82) is 0 Å². The van der Waals surface area contributed by atoms with E-state index in [2.05, 4.69) is 5.32 Å². The molecular formula is C39H45NO10. The van der Waals surface area contributed by atoms with Crippen molar-refractivity contribution in [2.24, 2.45) is 17.8 Å². The zero-order valence-corrected chi connectivity index (χ0v) is 29.0. The molecule has 4 rings (SSSR count). The second-order valence-corrected chi connectivity index (χ2v) is 12.9. The highest BCUT2D eigenvalue weighted by atomic mass is 16.3. The van der Waals surface area contributed by atoms with Gasteiger partial charge in [-0.2, -0.15) is 0 Å². The van der Waals surface area contributed by atoms with Crippen LogP contribution in [0.2, 0.25) is 0 Å². The van der Waals surface area contributed by atoms with Crippen molar-refractivity contribution in [3.05, 3.63) is 106 Å². The molecule has 1 aromatic rings. The molecule has 6 N–H and O–H groups in total. The van der Waals surface area contributed by atoms with Crippen LogP contribution >= 0.6 is 0 Å². The summed E-state index contributed by atoms with van der Waals surface area (Å²) in [6, 6.07) is 1.23. The van der Waals surface area contributed by atoms with Gasteiger partial charge in [-0.1, -0.05) is 75.5 Å². The van der Waals surface area contributed by atoms with E-state index in [1.54, 1.807) is 58.1 Å². The molecule has 266 valence electrons. The van der Waals surface area contributed by atoms with E-state index in [4.69, 9.17) is 0 Å². The summed E-state index contributed by atoms with van der Waals surface area (Å²) in [6.07, 6.45) is 11.9. The van der Waals surface area contributed by atoms with Crippen LogP contribution in [-0.2, 0) is 14.4 Å². The predicted molar refractivity (Wildman–Crippen MR) is 188 cm³/mol. The van der Waals surface area contributed by atoms with Gasteiger partial charge in [0.15, 0.2) is 17.3 Å². The predicted octanol–water partition coefficient (Wildman–Crippen LogP) is 4.46. The number of Topliss-reactive ketones (excluding diaryl/α,β-unsaturated/α-hetero) is 4. The average molecular weight is 688 g/mol. The van der Waals surface area contributed by atoms with Crippen LogP contribution in [0.3, 0.4) is 0 Å². The Labute approximate surface area is 291 Å². The number of aliphatic hydroxyl groups excluding tert-OH is 4. The van der Waals surface area contributed by atoms with E-state index in [0.717, 1.165) is 6.08 Å². The van der Waals surface area contributed by atoms with Crippen LogP contribution in [0.15, 0.2) is 83.7 Å². The normalized spacial score (nSPS) is 30.3. The number of allylic oxidation sites excluding steroid dienone is 7. The molecule has 0 saturated heterocycles. The molecule has 2 heterocycles. The lowest BCUT2D eigenvalue weighted by molar-refractivity contribution is -0.118. The standard InChI is InChI=1S/C39H45NO10/c1-20-11-9-7-8-10-12-30(44)40-33-37(48)27-18-25(6)36(47)32(31(27)38(49)39(33)50)35(46)24(5)17-23(4)34(45)22(3)14-16-26(41)15-13-21(2)29(43)19-28(20)42/h7-14,16-18,20,22-23,26,28,34,41-42,45,47-48H,15,19H2,1-6H3,(H,40,44)/b8-7-,11-9-,12-10-,16-14-,21-13-,24-17?/t20-,22+,23+,26+,28+,34+/m1/s1. The van der Waals surface area contributed by atoms with Crippen molar-refractivity contribution < 1.29 is 49.5 Å². The molecule has 11 nitrogen and oxygen atoms in total. The number of amides is 1. The summed E-state index contributed by atoms with van der Waals surface area (Å²) in [5.41, 5.74) is -1.36. The zero-order valence-electron chi connectivity index (χ0n) is 29.0. The van der Waals surface area contributed by atoms with Gasteiger partial charge in [0.05, 0.1) is 29.4 Å². The number of aryl methyl sites for hydroxylation is 1. The van der Waals surface area contributed by atoms with Crippen LogP contribution in [0.1, 0.15) is 79.3 Å². The summed E-state index contributed by atoms with van der Waals surface area (Å²) in [4.78, 5) is 65.5. The Morgan fingerprint density at radius 1 is 0.720 bits per heavy atom. The van der Waals surface area contributed by atoms with Crippen molar-refractivity contribution in [2.75, 3.05) is 0 Å². The summed E-state index contributed by atoms with van der Waals surface area (Å²) in [5.74, 6) is -7.27. The topological polar surface area (TPSA) is 199 Å². The molecule has 4 bridgehead atoms. The van der Waals surface area contributed by atoms with Gasteiger partial charge in [-0.15, -0.1) is 0 Å². The van der Waals surface area contributed by atoms with Gasteiger partial charge in [0.25, 0.3) is 5.78 Å². The molecule has 0 unspecified atom stereocenters. The molecule has 1 amide bonds. The largest absolute Gasteiger partial charge is 0.507 e. The highest BCUT2D eigenvalue weighted by Gasteiger charge is 2.39. The Morgan fingerprint density at radius 2 is 1.38 bits per heavy atom. The van der Waals surface area contributed by atoms with Crippen molar-refractivity contribution >= 4 is 34.8 Å². The monoisotopic (exact) mass is 687 g/mol. The summed E-state index contributed by atoms with van der Waals surface area (Å²) >= 11 is 0. The number of fused-ring (bicyclic) bond motifs is 18. The first-order chi connectivity index (χ1) is 23.5. The molecule has 6 atom stereocenters. The van der Waals surface area contributed by atoms with Crippen LogP contribution in [0, 0.1) is 24.7 Å². The Morgan fingerprint density at radius 3 is 2.06 bits per heavy atom. The fraction of sp³-hybridized carbons (Fsp3) is 0.359. The third-order valence-corrected chi connectivity index (χ3v) is 8.81. The summed E-state index contributed by atoms with van der Waals surface area (Å²) < 4.78 is 0.